The standard InChI is InChI=1S/C20H34N4O2/c1-26-15-14-23-13-9-21-20(23)18-8-7-12-24(16-18)19(25)17-22-10-5-3-2-4-6-11-22/h9,13,18H,2-8,10-12,14-17H2,1H3/t18-/m0/s1. The number of ether oxygens (including phenoxy) is 1. The van der Waals surface area contributed by atoms with E-state index in [1.54, 1.807) is 7.11 Å². The number of hydrogen-bond acceptors (Lipinski definition) is 4. The zero-order chi connectivity index (χ0) is 18.2. The van der Waals surface area contributed by atoms with Gasteiger partial charge in [-0.15, -0.1) is 0 Å². The van der Waals surface area contributed by atoms with Gasteiger partial charge in [0.25, 0.3) is 0 Å². The lowest BCUT2D eigenvalue weighted by molar-refractivity contribution is -0.133. The number of likely N-dealkylation sites (tertiary alicyclic amines) is 2. The minimum absolute atomic E-state index is 0.297. The summed E-state index contributed by atoms with van der Waals surface area (Å²) < 4.78 is 7.38. The maximum absolute atomic E-state index is 12.9. The van der Waals surface area contributed by atoms with E-state index in [4.69, 9.17) is 4.74 Å². The van der Waals surface area contributed by atoms with E-state index in [0.29, 0.717) is 25.0 Å². The first-order valence-corrected chi connectivity index (χ1v) is 10.3. The first-order valence-electron chi connectivity index (χ1n) is 10.3. The number of amides is 1. The number of imidazole rings is 1. The van der Waals surface area contributed by atoms with E-state index < -0.39 is 0 Å². The van der Waals surface area contributed by atoms with E-state index in [9.17, 15) is 4.79 Å². The molecule has 146 valence electrons. The molecule has 0 unspecified atom stereocenters. The van der Waals surface area contributed by atoms with Crippen LogP contribution in [0.1, 0.15) is 56.7 Å². The Balaban J connectivity index is 1.55. The van der Waals surface area contributed by atoms with Crippen molar-refractivity contribution >= 4 is 5.91 Å². The highest BCUT2D eigenvalue weighted by atomic mass is 16.5. The topological polar surface area (TPSA) is 50.6 Å². The van der Waals surface area contributed by atoms with Crippen molar-refractivity contribution in [1.29, 1.82) is 0 Å². The normalized spacial score (nSPS) is 22.8. The van der Waals surface area contributed by atoms with Crippen LogP contribution >= 0.6 is 0 Å². The van der Waals surface area contributed by atoms with Crippen LogP contribution < -0.4 is 0 Å². The summed E-state index contributed by atoms with van der Waals surface area (Å²) in [6.45, 7) is 5.94. The second kappa shape index (κ2) is 10.1. The molecule has 0 spiro atoms. The van der Waals surface area contributed by atoms with Gasteiger partial charge in [0, 0.05) is 45.1 Å². The lowest BCUT2D eigenvalue weighted by Crippen LogP contribution is -2.45. The fraction of sp³-hybridized carbons (Fsp3) is 0.800. The molecule has 2 aliphatic rings. The molecular formula is C20H34N4O2. The van der Waals surface area contributed by atoms with Crippen LogP contribution in [0.4, 0.5) is 0 Å². The molecule has 0 aromatic carbocycles. The summed E-state index contributed by atoms with van der Waals surface area (Å²) in [5, 5.41) is 0. The number of aromatic nitrogens is 2. The Bertz CT molecular complexity index is 552. The SMILES string of the molecule is COCCn1ccnc1[C@H]1CCCN(C(=O)CN2CCCCCCC2)C1. The summed E-state index contributed by atoms with van der Waals surface area (Å²) in [4.78, 5) is 21.9. The molecule has 6 nitrogen and oxygen atoms in total. The quantitative estimate of drug-likeness (QED) is 0.780. The van der Waals surface area contributed by atoms with Crippen molar-refractivity contribution in [2.45, 2.75) is 57.4 Å². The molecule has 2 aliphatic heterocycles. The second-order valence-electron chi connectivity index (χ2n) is 7.69. The van der Waals surface area contributed by atoms with Crippen molar-refractivity contribution < 1.29 is 9.53 Å². The first-order chi connectivity index (χ1) is 12.8. The Morgan fingerprint density at radius 3 is 2.69 bits per heavy atom. The molecule has 1 atom stereocenters. The summed E-state index contributed by atoms with van der Waals surface area (Å²) in [5.74, 6) is 1.74. The summed E-state index contributed by atoms with van der Waals surface area (Å²) in [6.07, 6.45) is 12.5. The molecule has 0 saturated carbocycles. The summed E-state index contributed by atoms with van der Waals surface area (Å²) in [6, 6.07) is 0. The number of hydrogen-bond donors (Lipinski definition) is 0. The second-order valence-corrected chi connectivity index (χ2v) is 7.69. The zero-order valence-electron chi connectivity index (χ0n) is 16.2. The predicted molar refractivity (Wildman–Crippen MR) is 102 cm³/mol. The molecule has 0 aliphatic carbocycles. The highest BCUT2D eigenvalue weighted by Crippen LogP contribution is 2.26. The number of nitrogens with zero attached hydrogens (tertiary/aromatic N) is 4. The highest BCUT2D eigenvalue weighted by molar-refractivity contribution is 5.78. The van der Waals surface area contributed by atoms with Crippen LogP contribution in [0.15, 0.2) is 12.4 Å². The average Bonchev–Trinajstić information content (AvgIpc) is 3.10. The maximum atomic E-state index is 12.9. The van der Waals surface area contributed by atoms with Crippen molar-refractivity contribution in [3.63, 3.8) is 0 Å². The van der Waals surface area contributed by atoms with Gasteiger partial charge in [0.05, 0.1) is 13.2 Å². The average molecular weight is 363 g/mol. The molecule has 0 N–H and O–H groups in total. The molecule has 3 heterocycles. The fourth-order valence-electron chi connectivity index (χ4n) is 4.24. The van der Waals surface area contributed by atoms with Crippen LogP contribution in [0, 0.1) is 0 Å². The van der Waals surface area contributed by atoms with E-state index in [1.807, 2.05) is 12.4 Å². The van der Waals surface area contributed by atoms with Crippen molar-refractivity contribution in [2.24, 2.45) is 0 Å². The minimum Gasteiger partial charge on any atom is -0.383 e. The molecule has 3 rings (SSSR count). The third kappa shape index (κ3) is 5.30. The number of rotatable bonds is 6. The molecule has 26 heavy (non-hydrogen) atoms. The van der Waals surface area contributed by atoms with Crippen LogP contribution in [-0.4, -0.2) is 71.7 Å². The van der Waals surface area contributed by atoms with Crippen LogP contribution in [0.25, 0.3) is 0 Å². The van der Waals surface area contributed by atoms with Crippen LogP contribution in [-0.2, 0) is 16.1 Å². The van der Waals surface area contributed by atoms with Crippen LogP contribution in [0.3, 0.4) is 0 Å². The third-order valence-electron chi connectivity index (χ3n) is 5.73. The highest BCUT2D eigenvalue weighted by Gasteiger charge is 2.28. The lowest BCUT2D eigenvalue weighted by Gasteiger charge is -2.34. The zero-order valence-corrected chi connectivity index (χ0v) is 16.2. The van der Waals surface area contributed by atoms with Gasteiger partial charge in [0.1, 0.15) is 5.82 Å². The van der Waals surface area contributed by atoms with Gasteiger partial charge in [-0.2, -0.15) is 0 Å². The number of carbonyl (C=O) groups excluding carboxylic acids is 1. The van der Waals surface area contributed by atoms with Gasteiger partial charge < -0.3 is 14.2 Å². The molecule has 2 fully saturated rings. The van der Waals surface area contributed by atoms with E-state index >= 15 is 0 Å². The fourth-order valence-corrected chi connectivity index (χ4v) is 4.24. The first kappa shape index (κ1) is 19.4. The van der Waals surface area contributed by atoms with Crippen molar-refractivity contribution in [3.05, 3.63) is 18.2 Å². The monoisotopic (exact) mass is 362 g/mol. The molecule has 6 heteroatoms. The molecular weight excluding hydrogens is 328 g/mol. The third-order valence-corrected chi connectivity index (χ3v) is 5.73. The van der Waals surface area contributed by atoms with E-state index in [0.717, 1.165) is 51.4 Å². The Kier molecular flexibility index (Phi) is 7.50. The van der Waals surface area contributed by atoms with E-state index in [1.165, 1.54) is 32.1 Å². The van der Waals surface area contributed by atoms with Gasteiger partial charge in [-0.1, -0.05) is 19.3 Å². The molecule has 0 radical (unpaired) electrons. The van der Waals surface area contributed by atoms with Crippen LogP contribution in [0.2, 0.25) is 0 Å². The Morgan fingerprint density at radius 2 is 1.92 bits per heavy atom. The Morgan fingerprint density at radius 1 is 1.15 bits per heavy atom. The molecule has 2 saturated heterocycles. The molecule has 1 aromatic heterocycles. The smallest absolute Gasteiger partial charge is 0.236 e. The summed E-state index contributed by atoms with van der Waals surface area (Å²) >= 11 is 0. The van der Waals surface area contributed by atoms with Gasteiger partial charge in [-0.05, 0) is 38.8 Å². The van der Waals surface area contributed by atoms with E-state index in [2.05, 4.69) is 19.4 Å². The lowest BCUT2D eigenvalue weighted by atomic mass is 9.97. The molecule has 1 amide bonds. The van der Waals surface area contributed by atoms with Gasteiger partial charge in [-0.25, -0.2) is 4.98 Å². The van der Waals surface area contributed by atoms with Gasteiger partial charge in [0.2, 0.25) is 5.91 Å². The summed E-state index contributed by atoms with van der Waals surface area (Å²) in [7, 11) is 1.72. The summed E-state index contributed by atoms with van der Waals surface area (Å²) in [5.41, 5.74) is 0. The Hall–Kier alpha value is -1.40. The maximum Gasteiger partial charge on any atom is 0.236 e. The molecule has 0 bridgehead atoms. The number of piperidine rings is 1. The van der Waals surface area contributed by atoms with Gasteiger partial charge in [0.15, 0.2) is 0 Å². The Labute approximate surface area is 157 Å². The largest absolute Gasteiger partial charge is 0.383 e. The number of methoxy groups -OCH3 is 1. The minimum atomic E-state index is 0.297. The van der Waals surface area contributed by atoms with Crippen molar-refractivity contribution in [2.75, 3.05) is 46.4 Å². The predicted octanol–water partition coefficient (Wildman–Crippen LogP) is 2.50. The molecule has 1 aromatic rings. The van der Waals surface area contributed by atoms with Gasteiger partial charge >= 0.3 is 0 Å². The van der Waals surface area contributed by atoms with Crippen molar-refractivity contribution in [1.82, 2.24) is 19.4 Å². The van der Waals surface area contributed by atoms with E-state index in [-0.39, 0.29) is 0 Å². The van der Waals surface area contributed by atoms with Crippen LogP contribution in [0.5, 0.6) is 0 Å². The van der Waals surface area contributed by atoms with Gasteiger partial charge in [-0.3, -0.25) is 9.69 Å². The van der Waals surface area contributed by atoms with Crippen molar-refractivity contribution in [3.8, 4) is 0 Å². The number of carbonyl (C=O) groups is 1.